The zero-order chi connectivity index (χ0) is 12.2. The van der Waals surface area contributed by atoms with Gasteiger partial charge in [-0.25, -0.2) is 13.1 Å². The summed E-state index contributed by atoms with van der Waals surface area (Å²) >= 11 is 22.8. The maximum absolute atomic E-state index is 11.5. The Morgan fingerprint density at radius 1 is 0.875 bits per heavy atom. The van der Waals surface area contributed by atoms with Crippen LogP contribution in [0.15, 0.2) is 4.90 Å². The number of nitrogens with one attached hydrogen (secondary N) is 1. The maximum Gasteiger partial charge on any atom is 0.268 e. The molecular weight excluding hydrogens is 320 g/mol. The Kier molecular flexibility index (Phi) is 2.79. The van der Waals surface area contributed by atoms with Gasteiger partial charge in [-0.3, -0.25) is 4.79 Å². The van der Waals surface area contributed by atoms with E-state index in [1.165, 1.54) is 0 Å². The first kappa shape index (κ1) is 12.3. The van der Waals surface area contributed by atoms with Crippen LogP contribution in [0, 0.1) is 0 Å². The van der Waals surface area contributed by atoms with Crippen LogP contribution in [0.3, 0.4) is 0 Å². The highest BCUT2D eigenvalue weighted by molar-refractivity contribution is 7.90. The monoisotopic (exact) mass is 319 g/mol. The van der Waals surface area contributed by atoms with E-state index in [2.05, 4.69) is 0 Å². The van der Waals surface area contributed by atoms with Crippen molar-refractivity contribution in [3.05, 3.63) is 25.7 Å². The van der Waals surface area contributed by atoms with Gasteiger partial charge in [0.05, 0.1) is 25.7 Å². The van der Waals surface area contributed by atoms with Gasteiger partial charge in [-0.15, -0.1) is 0 Å². The van der Waals surface area contributed by atoms with E-state index >= 15 is 0 Å². The van der Waals surface area contributed by atoms with Gasteiger partial charge < -0.3 is 0 Å². The summed E-state index contributed by atoms with van der Waals surface area (Å²) in [6, 6.07) is 0. The molecule has 0 unspecified atom stereocenters. The number of amides is 1. The summed E-state index contributed by atoms with van der Waals surface area (Å²) in [5.41, 5.74) is -0.277. The number of rotatable bonds is 0. The van der Waals surface area contributed by atoms with E-state index in [-0.39, 0.29) is 25.7 Å². The number of halogens is 4. The van der Waals surface area contributed by atoms with Gasteiger partial charge in [0, 0.05) is 0 Å². The van der Waals surface area contributed by atoms with Gasteiger partial charge in [-0.05, 0) is 0 Å². The summed E-state index contributed by atoms with van der Waals surface area (Å²) < 4.78 is 24.8. The molecule has 1 aromatic rings. The van der Waals surface area contributed by atoms with Crippen LogP contribution in [0.25, 0.3) is 0 Å². The lowest BCUT2D eigenvalue weighted by Gasteiger charge is -2.06. The molecule has 1 aliphatic heterocycles. The molecule has 1 N–H and O–H groups in total. The first-order valence-corrected chi connectivity index (χ1v) is 6.70. The van der Waals surface area contributed by atoms with Crippen molar-refractivity contribution in [1.82, 2.24) is 4.72 Å². The fourth-order valence-corrected chi connectivity index (χ4v) is 3.90. The third kappa shape index (κ3) is 1.50. The van der Waals surface area contributed by atoms with Crippen LogP contribution in [0.1, 0.15) is 10.4 Å². The first-order valence-electron chi connectivity index (χ1n) is 3.70. The molecule has 0 saturated heterocycles. The molecule has 86 valence electrons. The molecule has 4 nitrogen and oxygen atoms in total. The second kappa shape index (κ2) is 3.65. The molecule has 0 bridgehead atoms. The zero-order valence-electron chi connectivity index (χ0n) is 7.14. The largest absolute Gasteiger partial charge is 0.268 e. The van der Waals surface area contributed by atoms with E-state index < -0.39 is 20.8 Å². The Balaban J connectivity index is 3.03. The number of hydrogen-bond donors (Lipinski definition) is 1. The molecule has 0 saturated carbocycles. The van der Waals surface area contributed by atoms with E-state index in [1.54, 1.807) is 4.72 Å². The fourth-order valence-electron chi connectivity index (χ4n) is 1.29. The number of sulfonamides is 1. The second-order valence-electron chi connectivity index (χ2n) is 2.89. The van der Waals surface area contributed by atoms with Gasteiger partial charge in [0.15, 0.2) is 0 Å². The highest BCUT2D eigenvalue weighted by Gasteiger charge is 2.39. The lowest BCUT2D eigenvalue weighted by Crippen LogP contribution is -2.20. The quantitative estimate of drug-likeness (QED) is 0.590. The van der Waals surface area contributed by atoms with Crippen LogP contribution in [-0.4, -0.2) is 14.3 Å². The molecule has 0 atom stereocenters. The van der Waals surface area contributed by atoms with Crippen molar-refractivity contribution < 1.29 is 13.2 Å². The standard InChI is InChI=1S/C7HCl4NO3S/c8-2-1-6(5(11)4(10)3(2)9)16(14,15)12-7(1)13/h(H,12,13). The number of benzene rings is 1. The lowest BCUT2D eigenvalue weighted by atomic mass is 10.2. The third-order valence-electron chi connectivity index (χ3n) is 1.95. The topological polar surface area (TPSA) is 63.2 Å². The van der Waals surface area contributed by atoms with Crippen LogP contribution in [0.4, 0.5) is 0 Å². The maximum atomic E-state index is 11.5. The predicted molar refractivity (Wildman–Crippen MR) is 61.1 cm³/mol. The average molecular weight is 321 g/mol. The molecule has 0 fully saturated rings. The zero-order valence-corrected chi connectivity index (χ0v) is 11.0. The molecule has 9 heteroatoms. The van der Waals surface area contributed by atoms with Crippen LogP contribution in [0.2, 0.25) is 20.1 Å². The highest BCUT2D eigenvalue weighted by atomic mass is 35.5. The van der Waals surface area contributed by atoms with Crippen LogP contribution in [0.5, 0.6) is 0 Å². The summed E-state index contributed by atoms with van der Waals surface area (Å²) in [5, 5.41) is -0.902. The van der Waals surface area contributed by atoms with Crippen LogP contribution in [-0.2, 0) is 10.0 Å². The van der Waals surface area contributed by atoms with Gasteiger partial charge in [-0.1, -0.05) is 46.4 Å². The molecular formula is C7HCl4NO3S. The molecule has 2 rings (SSSR count). The van der Waals surface area contributed by atoms with Crippen molar-refractivity contribution >= 4 is 62.3 Å². The smallest absolute Gasteiger partial charge is 0.268 e. The molecule has 1 heterocycles. The number of hydrogen-bond acceptors (Lipinski definition) is 3. The normalized spacial score (nSPS) is 17.1. The highest BCUT2D eigenvalue weighted by Crippen LogP contribution is 2.45. The SMILES string of the molecule is O=C1NS(=O)(=O)c2c(Cl)c(Cl)c(Cl)c(Cl)c21. The number of carbonyl (C=O) groups is 1. The average Bonchev–Trinajstić information content (AvgIpc) is 2.42. The Hall–Kier alpha value is -0.200. The van der Waals surface area contributed by atoms with Gasteiger partial charge in [0.1, 0.15) is 4.90 Å². The molecule has 1 amide bonds. The van der Waals surface area contributed by atoms with Crippen molar-refractivity contribution in [3.8, 4) is 0 Å². The van der Waals surface area contributed by atoms with Crippen molar-refractivity contribution in [2.45, 2.75) is 4.90 Å². The van der Waals surface area contributed by atoms with E-state index in [0.29, 0.717) is 0 Å². The van der Waals surface area contributed by atoms with Crippen molar-refractivity contribution in [2.24, 2.45) is 0 Å². The summed E-state index contributed by atoms with van der Waals surface area (Å²) in [5.74, 6) is -0.875. The third-order valence-corrected chi connectivity index (χ3v) is 5.26. The minimum atomic E-state index is -4.01. The van der Waals surface area contributed by atoms with Gasteiger partial charge in [0.2, 0.25) is 0 Å². The summed E-state index contributed by atoms with van der Waals surface area (Å²) in [6.07, 6.45) is 0. The molecule has 1 aromatic carbocycles. The lowest BCUT2D eigenvalue weighted by molar-refractivity contribution is 0.0985. The van der Waals surface area contributed by atoms with E-state index in [4.69, 9.17) is 46.4 Å². The summed E-state index contributed by atoms with van der Waals surface area (Å²) in [4.78, 5) is 11.0. The van der Waals surface area contributed by atoms with Crippen molar-refractivity contribution in [2.75, 3.05) is 0 Å². The Morgan fingerprint density at radius 3 is 1.94 bits per heavy atom. The van der Waals surface area contributed by atoms with Gasteiger partial charge in [-0.2, -0.15) is 0 Å². The van der Waals surface area contributed by atoms with Crippen molar-refractivity contribution in [1.29, 1.82) is 0 Å². The molecule has 0 radical (unpaired) electrons. The second-order valence-corrected chi connectivity index (χ2v) is 6.03. The fraction of sp³-hybridized carbons (Fsp3) is 0. The van der Waals surface area contributed by atoms with Crippen LogP contribution >= 0.6 is 46.4 Å². The minimum Gasteiger partial charge on any atom is -0.268 e. The van der Waals surface area contributed by atoms with E-state index in [9.17, 15) is 13.2 Å². The first-order chi connectivity index (χ1) is 7.27. The van der Waals surface area contributed by atoms with Crippen LogP contribution < -0.4 is 4.72 Å². The molecule has 0 aliphatic carbocycles. The summed E-state index contributed by atoms with van der Waals surface area (Å²) in [7, 11) is -4.01. The number of fused-ring (bicyclic) bond motifs is 1. The Morgan fingerprint density at radius 2 is 1.38 bits per heavy atom. The van der Waals surface area contributed by atoms with Crippen molar-refractivity contribution in [3.63, 3.8) is 0 Å². The molecule has 1 aliphatic rings. The van der Waals surface area contributed by atoms with Gasteiger partial charge in [0.25, 0.3) is 15.9 Å². The molecule has 16 heavy (non-hydrogen) atoms. The Bertz CT molecular complexity index is 625. The molecule has 0 aromatic heterocycles. The van der Waals surface area contributed by atoms with E-state index in [1.807, 2.05) is 0 Å². The molecule has 0 spiro atoms. The Labute approximate surface area is 110 Å². The minimum absolute atomic E-state index is 0.153. The van der Waals surface area contributed by atoms with E-state index in [0.717, 1.165) is 0 Å². The van der Waals surface area contributed by atoms with Gasteiger partial charge >= 0.3 is 0 Å². The predicted octanol–water partition coefficient (Wildman–Crippen LogP) is 2.73. The number of carbonyl (C=O) groups excluding carboxylic acids is 1. The summed E-state index contributed by atoms with van der Waals surface area (Å²) in [6.45, 7) is 0.